The van der Waals surface area contributed by atoms with Gasteiger partial charge < -0.3 is 4.74 Å². The zero-order valence-corrected chi connectivity index (χ0v) is 16.9. The molecule has 0 bridgehead atoms. The molecule has 1 aromatic rings. The number of carbonyl (C=O) groups is 1. The first kappa shape index (κ1) is 18.5. The molecule has 138 valence electrons. The van der Waals surface area contributed by atoms with Gasteiger partial charge in [0, 0.05) is 0 Å². The van der Waals surface area contributed by atoms with Crippen LogP contribution in [0.4, 0.5) is 0 Å². The summed E-state index contributed by atoms with van der Waals surface area (Å²) in [5, 5.41) is 0. The van der Waals surface area contributed by atoms with Crippen LogP contribution >= 0.6 is 0 Å². The van der Waals surface area contributed by atoms with Crippen molar-refractivity contribution < 1.29 is 9.53 Å². The molecule has 0 aromatic heterocycles. The minimum atomic E-state index is -0.312. The molecule has 2 aliphatic rings. The van der Waals surface area contributed by atoms with Gasteiger partial charge in [0.15, 0.2) is 0 Å². The molecule has 2 nitrogen and oxygen atoms in total. The highest BCUT2D eigenvalue weighted by atomic mass is 16.5. The van der Waals surface area contributed by atoms with Crippen molar-refractivity contribution in [3.05, 3.63) is 34.9 Å². The largest absolute Gasteiger partial charge is 0.457 e. The molecule has 3 rings (SSSR count). The third-order valence-corrected chi connectivity index (χ3v) is 6.26. The summed E-state index contributed by atoms with van der Waals surface area (Å²) in [4.78, 5) is 13.1. The minimum Gasteiger partial charge on any atom is -0.457 e. The number of ether oxygens (including phenoxy) is 1. The van der Waals surface area contributed by atoms with E-state index in [2.05, 4.69) is 52.8 Å². The lowest BCUT2D eigenvalue weighted by Crippen LogP contribution is -2.29. The average Bonchev–Trinajstić information content (AvgIpc) is 3.06. The van der Waals surface area contributed by atoms with Gasteiger partial charge in [0.2, 0.25) is 0 Å². The maximum absolute atomic E-state index is 13.1. The van der Waals surface area contributed by atoms with Crippen molar-refractivity contribution in [1.82, 2.24) is 0 Å². The van der Waals surface area contributed by atoms with Crippen molar-refractivity contribution in [2.45, 2.75) is 86.2 Å². The lowest BCUT2D eigenvalue weighted by Gasteiger charge is -2.29. The Morgan fingerprint density at radius 2 is 1.76 bits per heavy atom. The Morgan fingerprint density at radius 3 is 2.32 bits per heavy atom. The van der Waals surface area contributed by atoms with Gasteiger partial charge in [-0.15, -0.1) is 0 Å². The van der Waals surface area contributed by atoms with E-state index in [1.165, 1.54) is 30.4 Å². The van der Waals surface area contributed by atoms with Gasteiger partial charge in [-0.1, -0.05) is 52.8 Å². The molecule has 2 aliphatic carbocycles. The smallest absolute Gasteiger partial charge is 0.313 e. The lowest BCUT2D eigenvalue weighted by atomic mass is 9.79. The number of benzene rings is 1. The Kier molecular flexibility index (Phi) is 4.54. The second-order valence-electron chi connectivity index (χ2n) is 10.2. The number of fused-ring (bicyclic) bond motifs is 1. The summed E-state index contributed by atoms with van der Waals surface area (Å²) in [7, 11) is 0. The molecule has 1 fully saturated rings. The maximum Gasteiger partial charge on any atom is 0.313 e. The summed E-state index contributed by atoms with van der Waals surface area (Å²) >= 11 is 0. The van der Waals surface area contributed by atoms with Crippen LogP contribution in [-0.2, 0) is 22.4 Å². The summed E-state index contributed by atoms with van der Waals surface area (Å²) in [5.41, 5.74) is 3.92. The van der Waals surface area contributed by atoms with Gasteiger partial charge in [-0.05, 0) is 73.0 Å². The molecule has 1 aromatic carbocycles. The highest BCUT2D eigenvalue weighted by Gasteiger charge is 2.68. The monoisotopic (exact) mass is 342 g/mol. The summed E-state index contributed by atoms with van der Waals surface area (Å²) in [6.07, 6.45) is 6.56. The van der Waals surface area contributed by atoms with Crippen LogP contribution in [0.25, 0.3) is 0 Å². The van der Waals surface area contributed by atoms with E-state index < -0.39 is 0 Å². The first-order valence-electron chi connectivity index (χ1n) is 9.87. The highest BCUT2D eigenvalue weighted by molar-refractivity contribution is 5.82. The molecule has 2 heteroatoms. The van der Waals surface area contributed by atoms with Gasteiger partial charge in [0.25, 0.3) is 0 Å². The predicted octanol–water partition coefficient (Wildman–Crippen LogP) is 6.02. The topological polar surface area (TPSA) is 26.3 Å². The van der Waals surface area contributed by atoms with Crippen molar-refractivity contribution in [2.75, 3.05) is 0 Å². The first-order chi connectivity index (χ1) is 11.5. The molecule has 0 heterocycles. The highest BCUT2D eigenvalue weighted by Crippen LogP contribution is 2.68. The van der Waals surface area contributed by atoms with Gasteiger partial charge in [0.1, 0.15) is 6.10 Å². The van der Waals surface area contributed by atoms with Crippen molar-refractivity contribution >= 4 is 5.97 Å². The molecule has 0 amide bonds. The number of aryl methyl sites for hydroxylation is 2. The fourth-order valence-electron chi connectivity index (χ4n) is 4.69. The van der Waals surface area contributed by atoms with Crippen LogP contribution in [0.15, 0.2) is 18.2 Å². The summed E-state index contributed by atoms with van der Waals surface area (Å²) in [6.45, 7) is 13.0. The summed E-state index contributed by atoms with van der Waals surface area (Å²) < 4.78 is 6.00. The van der Waals surface area contributed by atoms with Crippen LogP contribution in [0.1, 0.15) is 90.0 Å². The number of rotatable bonds is 4. The Morgan fingerprint density at radius 1 is 1.16 bits per heavy atom. The van der Waals surface area contributed by atoms with E-state index in [1.54, 1.807) is 0 Å². The second-order valence-corrected chi connectivity index (χ2v) is 10.2. The van der Waals surface area contributed by atoms with Gasteiger partial charge in [-0.25, -0.2) is 0 Å². The van der Waals surface area contributed by atoms with E-state index in [1.807, 2.05) is 6.92 Å². The van der Waals surface area contributed by atoms with Gasteiger partial charge in [-0.2, -0.15) is 0 Å². The van der Waals surface area contributed by atoms with E-state index in [-0.39, 0.29) is 28.3 Å². The van der Waals surface area contributed by atoms with Crippen molar-refractivity contribution in [2.24, 2.45) is 16.2 Å². The predicted molar refractivity (Wildman–Crippen MR) is 102 cm³/mol. The molecule has 0 aliphatic heterocycles. The third kappa shape index (κ3) is 3.64. The first-order valence-corrected chi connectivity index (χ1v) is 9.87. The molecule has 2 unspecified atom stereocenters. The Labute approximate surface area is 153 Å². The van der Waals surface area contributed by atoms with Crippen LogP contribution in [0.5, 0.6) is 0 Å². The zero-order chi connectivity index (χ0) is 18.5. The Bertz CT molecular complexity index is 665. The van der Waals surface area contributed by atoms with Crippen LogP contribution in [0.3, 0.4) is 0 Å². The maximum atomic E-state index is 13.1. The fourth-order valence-corrected chi connectivity index (χ4v) is 4.69. The molecule has 0 saturated heterocycles. The van der Waals surface area contributed by atoms with Gasteiger partial charge in [-0.3, -0.25) is 4.79 Å². The van der Waals surface area contributed by atoms with Gasteiger partial charge >= 0.3 is 5.97 Å². The number of hydrogen-bond acceptors (Lipinski definition) is 2. The van der Waals surface area contributed by atoms with Crippen LogP contribution < -0.4 is 0 Å². The molecular weight excluding hydrogens is 308 g/mol. The molecule has 2 atom stereocenters. The van der Waals surface area contributed by atoms with Crippen molar-refractivity contribution in [3.8, 4) is 0 Å². The summed E-state index contributed by atoms with van der Waals surface area (Å²) in [6, 6.07) is 6.65. The third-order valence-electron chi connectivity index (χ3n) is 6.26. The van der Waals surface area contributed by atoms with E-state index in [4.69, 9.17) is 4.74 Å². The number of carbonyl (C=O) groups excluding carboxylic acids is 1. The molecular formula is C23H34O2. The minimum absolute atomic E-state index is 0.00218. The SMILES string of the molecule is CC(OC(=O)C1(CC(C)(C)C)CC1(C)C)c1ccc2c(c1)CCCC2. The summed E-state index contributed by atoms with van der Waals surface area (Å²) in [5.74, 6) is -0.00218. The van der Waals surface area contributed by atoms with E-state index in [9.17, 15) is 4.79 Å². The zero-order valence-electron chi connectivity index (χ0n) is 16.9. The second kappa shape index (κ2) is 6.14. The molecule has 1 saturated carbocycles. The normalized spacial score (nSPS) is 25.8. The quantitative estimate of drug-likeness (QED) is 0.625. The van der Waals surface area contributed by atoms with Crippen LogP contribution in [0.2, 0.25) is 0 Å². The van der Waals surface area contributed by atoms with Gasteiger partial charge in [0.05, 0.1) is 5.41 Å². The number of hydrogen-bond donors (Lipinski definition) is 0. The fraction of sp³-hybridized carbons (Fsp3) is 0.696. The van der Waals surface area contributed by atoms with Crippen molar-refractivity contribution in [1.29, 1.82) is 0 Å². The lowest BCUT2D eigenvalue weighted by molar-refractivity contribution is -0.158. The molecule has 0 radical (unpaired) electrons. The number of esters is 1. The Hall–Kier alpha value is -1.31. The molecule has 25 heavy (non-hydrogen) atoms. The van der Waals surface area contributed by atoms with E-state index in [0.29, 0.717) is 0 Å². The average molecular weight is 343 g/mol. The Balaban J connectivity index is 1.74. The molecule has 0 N–H and O–H groups in total. The standard InChI is InChI=1S/C23H34O2/c1-16(18-12-11-17-9-7-8-10-19(17)13-18)25-20(24)23(14-21(2,3)4)15-22(23,5)6/h11-13,16H,7-10,14-15H2,1-6H3. The van der Waals surface area contributed by atoms with Crippen LogP contribution in [-0.4, -0.2) is 5.97 Å². The van der Waals surface area contributed by atoms with Crippen LogP contribution in [0, 0.1) is 16.2 Å². The van der Waals surface area contributed by atoms with E-state index >= 15 is 0 Å². The van der Waals surface area contributed by atoms with E-state index in [0.717, 1.165) is 24.8 Å². The van der Waals surface area contributed by atoms with Crippen molar-refractivity contribution in [3.63, 3.8) is 0 Å². The molecule has 0 spiro atoms.